The number of nitrogens with zero attached hydrogens (tertiary/aromatic N) is 2. The molecule has 0 bridgehead atoms. The van der Waals surface area contributed by atoms with E-state index in [2.05, 4.69) is 21.2 Å². The zero-order valence-corrected chi connectivity index (χ0v) is 13.9. The minimum Gasteiger partial charge on any atom is -0.346 e. The van der Waals surface area contributed by atoms with Gasteiger partial charge in [0.2, 0.25) is 0 Å². The first-order valence-electron chi connectivity index (χ1n) is 6.26. The first-order chi connectivity index (χ1) is 9.90. The first-order valence-corrected chi connectivity index (χ1v) is 7.93. The van der Waals surface area contributed by atoms with Crippen LogP contribution in [0.4, 0.5) is 5.69 Å². The largest absolute Gasteiger partial charge is 0.346 e. The quantitative estimate of drug-likeness (QED) is 0.642. The van der Waals surface area contributed by atoms with E-state index in [0.717, 1.165) is 9.35 Å². The van der Waals surface area contributed by atoms with E-state index in [-0.39, 0.29) is 17.6 Å². The lowest BCUT2D eigenvalue weighted by Gasteiger charge is -2.11. The van der Waals surface area contributed by atoms with Crippen LogP contribution in [-0.4, -0.2) is 15.4 Å². The molecule has 0 atom stereocenters. The molecule has 0 spiro atoms. The summed E-state index contributed by atoms with van der Waals surface area (Å²) in [4.78, 5) is 23.6. The zero-order chi connectivity index (χ0) is 15.6. The molecule has 0 aromatic carbocycles. The lowest BCUT2D eigenvalue weighted by Crippen LogP contribution is -2.25. The second kappa shape index (κ2) is 6.40. The normalized spacial score (nSPS) is 10.9. The Hall–Kier alpha value is -1.67. The SMILES string of the molecule is CC(C)n1cc([N+](=O)[O-])cc1C(=O)NCc1sccc1Br. The standard InChI is InChI=1S/C13H14BrN3O3S/c1-8(2)16-7-9(17(19)20)5-11(16)13(18)15-6-12-10(14)3-4-21-12/h3-5,7-8H,6H2,1-2H3,(H,15,18). The highest BCUT2D eigenvalue weighted by Gasteiger charge is 2.20. The molecule has 2 aromatic heterocycles. The van der Waals surface area contributed by atoms with Crippen LogP contribution >= 0.6 is 27.3 Å². The van der Waals surface area contributed by atoms with Gasteiger partial charge in [0.25, 0.3) is 11.6 Å². The molecule has 8 heteroatoms. The summed E-state index contributed by atoms with van der Waals surface area (Å²) in [6.07, 6.45) is 1.39. The number of carbonyl (C=O) groups is 1. The fourth-order valence-corrected chi connectivity index (χ4v) is 3.31. The van der Waals surface area contributed by atoms with E-state index in [4.69, 9.17) is 0 Å². The van der Waals surface area contributed by atoms with E-state index in [0.29, 0.717) is 12.2 Å². The molecule has 0 saturated heterocycles. The van der Waals surface area contributed by atoms with E-state index in [9.17, 15) is 14.9 Å². The Bertz CT molecular complexity index is 678. The monoisotopic (exact) mass is 371 g/mol. The number of thiophene rings is 1. The van der Waals surface area contributed by atoms with Gasteiger partial charge in [-0.2, -0.15) is 0 Å². The molecule has 0 saturated carbocycles. The lowest BCUT2D eigenvalue weighted by atomic mass is 10.3. The third kappa shape index (κ3) is 3.51. The zero-order valence-electron chi connectivity index (χ0n) is 11.5. The summed E-state index contributed by atoms with van der Waals surface area (Å²) in [5.41, 5.74) is 0.218. The molecule has 21 heavy (non-hydrogen) atoms. The molecule has 1 N–H and O–H groups in total. The van der Waals surface area contributed by atoms with Gasteiger partial charge in [0.1, 0.15) is 5.69 Å². The lowest BCUT2D eigenvalue weighted by molar-refractivity contribution is -0.384. The van der Waals surface area contributed by atoms with Crippen molar-refractivity contribution in [2.24, 2.45) is 0 Å². The minimum atomic E-state index is -0.495. The van der Waals surface area contributed by atoms with Crippen LogP contribution in [0.2, 0.25) is 0 Å². The number of hydrogen-bond acceptors (Lipinski definition) is 4. The van der Waals surface area contributed by atoms with Gasteiger partial charge in [-0.3, -0.25) is 14.9 Å². The summed E-state index contributed by atoms with van der Waals surface area (Å²) in [5, 5.41) is 15.6. The highest BCUT2D eigenvalue weighted by molar-refractivity contribution is 9.10. The molecule has 0 unspecified atom stereocenters. The number of carbonyl (C=O) groups excluding carboxylic acids is 1. The van der Waals surface area contributed by atoms with Crippen molar-refractivity contribution in [3.63, 3.8) is 0 Å². The van der Waals surface area contributed by atoms with Crippen LogP contribution in [0.1, 0.15) is 35.3 Å². The molecule has 112 valence electrons. The van der Waals surface area contributed by atoms with Gasteiger partial charge in [-0.1, -0.05) is 0 Å². The molecule has 0 aliphatic rings. The molecule has 0 radical (unpaired) electrons. The van der Waals surface area contributed by atoms with Crippen LogP contribution in [0.3, 0.4) is 0 Å². The van der Waals surface area contributed by atoms with Crippen molar-refractivity contribution in [3.05, 3.63) is 48.9 Å². The van der Waals surface area contributed by atoms with Crippen LogP contribution < -0.4 is 5.32 Å². The van der Waals surface area contributed by atoms with E-state index in [1.165, 1.54) is 23.6 Å². The number of nitro groups is 1. The molecule has 2 heterocycles. The highest BCUT2D eigenvalue weighted by Crippen LogP contribution is 2.23. The van der Waals surface area contributed by atoms with E-state index >= 15 is 0 Å². The number of rotatable bonds is 5. The molecular weight excluding hydrogens is 358 g/mol. The Kier molecular flexibility index (Phi) is 4.79. The molecule has 2 rings (SSSR count). The molecule has 2 aromatic rings. The maximum Gasteiger partial charge on any atom is 0.287 e. The Balaban J connectivity index is 2.18. The second-order valence-electron chi connectivity index (χ2n) is 4.72. The van der Waals surface area contributed by atoms with Crippen LogP contribution in [0, 0.1) is 10.1 Å². The first kappa shape index (κ1) is 15.7. The number of nitrogens with one attached hydrogen (secondary N) is 1. The molecule has 1 amide bonds. The predicted molar refractivity (Wildman–Crippen MR) is 84.7 cm³/mol. The Labute approximate surface area is 134 Å². The maximum absolute atomic E-state index is 12.2. The van der Waals surface area contributed by atoms with Crippen LogP contribution in [0.15, 0.2) is 28.2 Å². The van der Waals surface area contributed by atoms with Crippen molar-refractivity contribution >= 4 is 38.9 Å². The molecule has 0 fully saturated rings. The molecule has 6 nitrogen and oxygen atoms in total. The molecular formula is C13H14BrN3O3S. The summed E-state index contributed by atoms with van der Waals surface area (Å²) in [6, 6.07) is 3.18. The van der Waals surface area contributed by atoms with Gasteiger partial charge in [-0.05, 0) is 41.2 Å². The summed E-state index contributed by atoms with van der Waals surface area (Å²) in [6.45, 7) is 4.13. The van der Waals surface area contributed by atoms with Crippen molar-refractivity contribution in [3.8, 4) is 0 Å². The number of halogens is 1. The van der Waals surface area contributed by atoms with Crippen LogP contribution in [-0.2, 0) is 6.54 Å². The predicted octanol–water partition coefficient (Wildman–Crippen LogP) is 3.73. The van der Waals surface area contributed by atoms with E-state index in [1.807, 2.05) is 25.3 Å². The smallest absolute Gasteiger partial charge is 0.287 e. The van der Waals surface area contributed by atoms with Gasteiger partial charge in [0.15, 0.2) is 0 Å². The summed E-state index contributed by atoms with van der Waals surface area (Å²) < 4.78 is 2.55. The number of amides is 1. The second-order valence-corrected chi connectivity index (χ2v) is 6.57. The fourth-order valence-electron chi connectivity index (χ4n) is 1.88. The van der Waals surface area contributed by atoms with Gasteiger partial charge in [0, 0.05) is 21.5 Å². The topological polar surface area (TPSA) is 77.2 Å². The Morgan fingerprint density at radius 3 is 2.81 bits per heavy atom. The van der Waals surface area contributed by atoms with Crippen molar-refractivity contribution < 1.29 is 9.72 Å². The van der Waals surface area contributed by atoms with Crippen LogP contribution in [0.25, 0.3) is 0 Å². The van der Waals surface area contributed by atoms with Gasteiger partial charge < -0.3 is 9.88 Å². The summed E-state index contributed by atoms with van der Waals surface area (Å²) in [5.74, 6) is -0.322. The van der Waals surface area contributed by atoms with E-state index in [1.54, 1.807) is 4.57 Å². The van der Waals surface area contributed by atoms with Crippen molar-refractivity contribution in [2.45, 2.75) is 26.4 Å². The van der Waals surface area contributed by atoms with Crippen LogP contribution in [0.5, 0.6) is 0 Å². The Morgan fingerprint density at radius 1 is 1.57 bits per heavy atom. The number of aromatic nitrogens is 1. The van der Waals surface area contributed by atoms with Gasteiger partial charge in [-0.25, -0.2) is 0 Å². The summed E-state index contributed by atoms with van der Waals surface area (Å²) in [7, 11) is 0. The Morgan fingerprint density at radius 2 is 2.29 bits per heavy atom. The van der Waals surface area contributed by atoms with Crippen molar-refractivity contribution in [2.75, 3.05) is 0 Å². The fraction of sp³-hybridized carbons (Fsp3) is 0.308. The van der Waals surface area contributed by atoms with Crippen molar-refractivity contribution in [1.29, 1.82) is 0 Å². The molecule has 0 aliphatic carbocycles. The van der Waals surface area contributed by atoms with Gasteiger partial charge in [-0.15, -0.1) is 11.3 Å². The number of hydrogen-bond donors (Lipinski definition) is 1. The van der Waals surface area contributed by atoms with Gasteiger partial charge >= 0.3 is 0 Å². The van der Waals surface area contributed by atoms with Gasteiger partial charge in [0.05, 0.1) is 17.7 Å². The maximum atomic E-state index is 12.2. The third-order valence-electron chi connectivity index (χ3n) is 2.93. The van der Waals surface area contributed by atoms with Crippen molar-refractivity contribution in [1.82, 2.24) is 9.88 Å². The highest BCUT2D eigenvalue weighted by atomic mass is 79.9. The third-order valence-corrected chi connectivity index (χ3v) is 4.86. The minimum absolute atomic E-state index is 0.0343. The summed E-state index contributed by atoms with van der Waals surface area (Å²) >= 11 is 4.93. The average molecular weight is 372 g/mol. The molecule has 0 aliphatic heterocycles. The van der Waals surface area contributed by atoms with E-state index < -0.39 is 4.92 Å². The average Bonchev–Trinajstić information content (AvgIpc) is 3.02.